The first-order chi connectivity index (χ1) is 13.3. The van der Waals surface area contributed by atoms with Crippen LogP contribution in [-0.2, 0) is 22.7 Å². The number of benzene rings is 1. The minimum Gasteiger partial charge on any atom is -0.367 e. The van der Waals surface area contributed by atoms with Crippen LogP contribution in [0.25, 0.3) is 0 Å². The number of pyridine rings is 1. The normalized spacial score (nSPS) is 22.6. The Morgan fingerprint density at radius 3 is 2.70 bits per heavy atom. The zero-order chi connectivity index (χ0) is 18.5. The van der Waals surface area contributed by atoms with Crippen LogP contribution in [-0.4, -0.2) is 53.0 Å². The maximum Gasteiger partial charge on any atom is 0.248 e. The van der Waals surface area contributed by atoms with E-state index in [1.165, 1.54) is 12.0 Å². The zero-order valence-corrected chi connectivity index (χ0v) is 15.7. The predicted molar refractivity (Wildman–Crippen MR) is 104 cm³/mol. The topological polar surface area (TPSA) is 45.7 Å². The number of hydrogen-bond acceptors (Lipinski definition) is 4. The van der Waals surface area contributed by atoms with Crippen LogP contribution in [0.3, 0.4) is 0 Å². The predicted octanol–water partition coefficient (Wildman–Crippen LogP) is 2.72. The first kappa shape index (κ1) is 18.1. The van der Waals surface area contributed by atoms with E-state index < -0.39 is 0 Å². The molecule has 4 heterocycles. The van der Waals surface area contributed by atoms with Gasteiger partial charge in [-0.25, -0.2) is 0 Å². The molecule has 0 aliphatic carbocycles. The quantitative estimate of drug-likeness (QED) is 0.790. The number of amides is 1. The van der Waals surface area contributed by atoms with E-state index in [0.29, 0.717) is 18.6 Å². The second-order valence-corrected chi connectivity index (χ2v) is 7.68. The van der Waals surface area contributed by atoms with Gasteiger partial charge in [-0.05, 0) is 36.0 Å². The van der Waals surface area contributed by atoms with Crippen LogP contribution in [0.2, 0.25) is 0 Å². The highest BCUT2D eigenvalue weighted by atomic mass is 16.5. The maximum absolute atomic E-state index is 12.8. The van der Waals surface area contributed by atoms with Gasteiger partial charge in [0.05, 0.1) is 6.61 Å². The van der Waals surface area contributed by atoms with E-state index in [1.807, 2.05) is 48.8 Å². The molecule has 1 aromatic carbocycles. The van der Waals surface area contributed by atoms with Crippen molar-refractivity contribution in [3.8, 4) is 0 Å². The number of aromatic nitrogens is 1. The third kappa shape index (κ3) is 4.73. The number of carbonyl (C=O) groups is 1. The molecule has 3 aliphatic rings. The molecule has 0 radical (unpaired) electrons. The Labute approximate surface area is 161 Å². The van der Waals surface area contributed by atoms with Crippen LogP contribution in [0.4, 0.5) is 0 Å². The van der Waals surface area contributed by atoms with E-state index in [4.69, 9.17) is 4.74 Å². The van der Waals surface area contributed by atoms with Gasteiger partial charge < -0.3 is 9.64 Å². The van der Waals surface area contributed by atoms with Crippen molar-refractivity contribution in [2.24, 2.45) is 5.92 Å². The standard InChI is InChI=1S/C22H27N3O2/c26-22(17-27-16-18-5-2-1-3-6-18)25-14-20-8-9-21(25)15-24(13-20)12-19-7-4-10-23-11-19/h1-7,10-11,20-21H,8-9,12-17H2/t20-,21+/m0/s1. The molecule has 5 heteroatoms. The van der Waals surface area contributed by atoms with Crippen LogP contribution in [0.15, 0.2) is 54.9 Å². The van der Waals surface area contributed by atoms with Gasteiger partial charge in [-0.2, -0.15) is 0 Å². The summed E-state index contributed by atoms with van der Waals surface area (Å²) in [4.78, 5) is 21.5. The number of ether oxygens (including phenoxy) is 1. The van der Waals surface area contributed by atoms with Crippen molar-refractivity contribution in [3.05, 3.63) is 66.0 Å². The average Bonchev–Trinajstić information content (AvgIpc) is 3.00. The Hall–Kier alpha value is -2.24. The number of hydrogen-bond donors (Lipinski definition) is 0. The summed E-state index contributed by atoms with van der Waals surface area (Å²) in [7, 11) is 0. The second-order valence-electron chi connectivity index (χ2n) is 7.68. The summed E-state index contributed by atoms with van der Waals surface area (Å²) in [5, 5.41) is 0. The van der Waals surface area contributed by atoms with E-state index in [9.17, 15) is 4.79 Å². The number of fused-ring (bicyclic) bond motifs is 4. The summed E-state index contributed by atoms with van der Waals surface area (Å²) in [5.41, 5.74) is 2.34. The Kier molecular flexibility index (Phi) is 5.80. The van der Waals surface area contributed by atoms with Gasteiger partial charge in [0.15, 0.2) is 0 Å². The van der Waals surface area contributed by atoms with Gasteiger partial charge in [0.25, 0.3) is 0 Å². The van der Waals surface area contributed by atoms with Crippen LogP contribution >= 0.6 is 0 Å². The summed E-state index contributed by atoms with van der Waals surface area (Å²) >= 11 is 0. The molecule has 0 spiro atoms. The lowest BCUT2D eigenvalue weighted by molar-refractivity contribution is -0.140. The molecule has 3 saturated heterocycles. The smallest absolute Gasteiger partial charge is 0.248 e. The van der Waals surface area contributed by atoms with Gasteiger partial charge in [0.2, 0.25) is 5.91 Å². The van der Waals surface area contributed by atoms with Crippen LogP contribution < -0.4 is 0 Å². The van der Waals surface area contributed by atoms with Crippen molar-refractivity contribution in [2.45, 2.75) is 32.0 Å². The summed E-state index contributed by atoms with van der Waals surface area (Å²) < 4.78 is 5.69. The fourth-order valence-electron chi connectivity index (χ4n) is 4.28. The molecular weight excluding hydrogens is 338 g/mol. The third-order valence-electron chi connectivity index (χ3n) is 5.58. The van der Waals surface area contributed by atoms with Crippen molar-refractivity contribution < 1.29 is 9.53 Å². The Morgan fingerprint density at radius 1 is 1.04 bits per heavy atom. The molecule has 0 N–H and O–H groups in total. The van der Waals surface area contributed by atoms with Gasteiger partial charge >= 0.3 is 0 Å². The van der Waals surface area contributed by atoms with E-state index in [1.54, 1.807) is 0 Å². The van der Waals surface area contributed by atoms with Crippen LogP contribution in [0.1, 0.15) is 24.0 Å². The molecule has 5 rings (SSSR count). The lowest BCUT2D eigenvalue weighted by Gasteiger charge is -2.36. The molecule has 27 heavy (non-hydrogen) atoms. The van der Waals surface area contributed by atoms with Crippen molar-refractivity contribution in [2.75, 3.05) is 26.2 Å². The Balaban J connectivity index is 1.32. The van der Waals surface area contributed by atoms with Crippen LogP contribution in [0, 0.1) is 5.92 Å². The molecule has 3 fully saturated rings. The molecule has 2 bridgehead atoms. The largest absolute Gasteiger partial charge is 0.367 e. The molecule has 2 aromatic rings. The van der Waals surface area contributed by atoms with E-state index in [2.05, 4.69) is 20.9 Å². The highest BCUT2D eigenvalue weighted by molar-refractivity contribution is 5.78. The molecule has 1 amide bonds. The first-order valence-electron chi connectivity index (χ1n) is 9.80. The first-order valence-corrected chi connectivity index (χ1v) is 9.80. The van der Waals surface area contributed by atoms with E-state index in [-0.39, 0.29) is 12.5 Å². The molecular formula is C22H27N3O2. The van der Waals surface area contributed by atoms with E-state index >= 15 is 0 Å². The fraction of sp³-hybridized carbons (Fsp3) is 0.455. The van der Waals surface area contributed by atoms with Gasteiger partial charge in [0.1, 0.15) is 6.61 Å². The third-order valence-corrected chi connectivity index (χ3v) is 5.58. The second kappa shape index (κ2) is 8.63. The highest BCUT2D eigenvalue weighted by Crippen LogP contribution is 2.28. The number of rotatable bonds is 6. The molecule has 2 atom stereocenters. The summed E-state index contributed by atoms with van der Waals surface area (Å²) in [6, 6.07) is 14.4. The van der Waals surface area contributed by atoms with Gasteiger partial charge in [0, 0.05) is 44.6 Å². The lowest BCUT2D eigenvalue weighted by atomic mass is 9.95. The Bertz CT molecular complexity index is 738. The SMILES string of the molecule is O=C(COCc1ccccc1)N1C[C@H]2CC[C@@H]1CN(Cc1cccnc1)C2. The molecule has 5 nitrogen and oxygen atoms in total. The fourth-order valence-corrected chi connectivity index (χ4v) is 4.28. The summed E-state index contributed by atoms with van der Waals surface area (Å²) in [5.74, 6) is 0.683. The number of carbonyl (C=O) groups excluding carboxylic acids is 1. The van der Waals surface area contributed by atoms with E-state index in [0.717, 1.165) is 38.2 Å². The van der Waals surface area contributed by atoms with Crippen molar-refractivity contribution in [1.82, 2.24) is 14.8 Å². The van der Waals surface area contributed by atoms with Crippen molar-refractivity contribution in [1.29, 1.82) is 0 Å². The Morgan fingerprint density at radius 2 is 1.89 bits per heavy atom. The molecule has 0 saturated carbocycles. The molecule has 1 aromatic heterocycles. The minimum atomic E-state index is 0.129. The molecule has 3 aliphatic heterocycles. The monoisotopic (exact) mass is 365 g/mol. The molecule has 0 unspecified atom stereocenters. The summed E-state index contributed by atoms with van der Waals surface area (Å²) in [6.45, 7) is 4.42. The number of nitrogens with zero attached hydrogens (tertiary/aromatic N) is 3. The van der Waals surface area contributed by atoms with Gasteiger partial charge in [-0.15, -0.1) is 0 Å². The minimum absolute atomic E-state index is 0.129. The van der Waals surface area contributed by atoms with Crippen molar-refractivity contribution in [3.63, 3.8) is 0 Å². The van der Waals surface area contributed by atoms with Gasteiger partial charge in [-0.3, -0.25) is 14.7 Å². The zero-order valence-electron chi connectivity index (χ0n) is 15.7. The maximum atomic E-state index is 12.8. The average molecular weight is 365 g/mol. The number of piperidine rings is 1. The summed E-state index contributed by atoms with van der Waals surface area (Å²) in [6.07, 6.45) is 6.06. The lowest BCUT2D eigenvalue weighted by Crippen LogP contribution is -2.48. The molecule has 142 valence electrons. The van der Waals surface area contributed by atoms with Crippen LogP contribution in [0.5, 0.6) is 0 Å². The van der Waals surface area contributed by atoms with Gasteiger partial charge in [-0.1, -0.05) is 36.4 Å². The van der Waals surface area contributed by atoms with Crippen molar-refractivity contribution >= 4 is 5.91 Å². The highest BCUT2D eigenvalue weighted by Gasteiger charge is 2.36.